The Morgan fingerprint density at radius 2 is 1.93 bits per heavy atom. The van der Waals surface area contributed by atoms with Gasteiger partial charge in [-0.2, -0.15) is 0 Å². The summed E-state index contributed by atoms with van der Waals surface area (Å²) >= 11 is 0. The summed E-state index contributed by atoms with van der Waals surface area (Å²) in [6.07, 6.45) is 2.40. The van der Waals surface area contributed by atoms with Gasteiger partial charge in [-0.25, -0.2) is 0 Å². The fraction of sp³-hybridized carbons (Fsp3) is 0.800. The molecule has 1 heterocycles. The van der Waals surface area contributed by atoms with Gasteiger partial charge in [0.15, 0.2) is 0 Å². The van der Waals surface area contributed by atoms with Crippen LogP contribution in [0.15, 0.2) is 0 Å². The van der Waals surface area contributed by atoms with Crippen LogP contribution in [0.3, 0.4) is 0 Å². The molecule has 4 heteroatoms. The van der Waals surface area contributed by atoms with E-state index in [9.17, 15) is 9.59 Å². The topological polar surface area (TPSA) is 69.4 Å². The summed E-state index contributed by atoms with van der Waals surface area (Å²) in [5.41, 5.74) is 5.79. The Morgan fingerprint density at radius 1 is 1.29 bits per heavy atom. The van der Waals surface area contributed by atoms with Crippen LogP contribution >= 0.6 is 0 Å². The van der Waals surface area contributed by atoms with Crippen LogP contribution in [-0.4, -0.2) is 18.0 Å². The molecular weight excluding hydrogens is 182 g/mol. The molecule has 0 aromatic heterocycles. The normalized spacial score (nSPS) is 39.1. The molecule has 0 aromatic rings. The number of hydrogen-bond donors (Lipinski definition) is 1. The lowest BCUT2D eigenvalue weighted by Crippen LogP contribution is -2.35. The predicted octanol–water partition coefficient (Wildman–Crippen LogP) is 0.449. The van der Waals surface area contributed by atoms with Crippen molar-refractivity contribution in [3.05, 3.63) is 0 Å². The minimum Gasteiger partial charge on any atom is -0.393 e. The van der Waals surface area contributed by atoms with Crippen molar-refractivity contribution in [2.45, 2.75) is 32.2 Å². The van der Waals surface area contributed by atoms with Crippen LogP contribution in [0.2, 0.25) is 0 Å². The standard InChI is InChI=1S/C10H15NO3/c1-5(11)6-2-3-7-8(4-6)10(13)14-9(7)12/h5-8H,2-4,11H2,1H3. The quantitative estimate of drug-likeness (QED) is 0.489. The summed E-state index contributed by atoms with van der Waals surface area (Å²) in [7, 11) is 0. The van der Waals surface area contributed by atoms with Crippen LogP contribution in [0.1, 0.15) is 26.2 Å². The maximum absolute atomic E-state index is 11.3. The second kappa shape index (κ2) is 3.35. The van der Waals surface area contributed by atoms with E-state index >= 15 is 0 Å². The summed E-state index contributed by atoms with van der Waals surface area (Å²) in [6, 6.07) is 0.0967. The van der Waals surface area contributed by atoms with Crippen molar-refractivity contribution in [3.63, 3.8) is 0 Å². The minimum atomic E-state index is -0.342. The molecule has 0 bridgehead atoms. The molecule has 2 rings (SSSR count). The third-order valence-corrected chi connectivity index (χ3v) is 3.44. The number of carbonyl (C=O) groups excluding carboxylic acids is 2. The van der Waals surface area contributed by atoms with Crippen molar-refractivity contribution in [1.82, 2.24) is 0 Å². The number of hydrogen-bond acceptors (Lipinski definition) is 4. The number of rotatable bonds is 1. The molecule has 2 aliphatic rings. The van der Waals surface area contributed by atoms with Gasteiger partial charge in [-0.05, 0) is 32.1 Å². The lowest BCUT2D eigenvalue weighted by Gasteiger charge is -2.29. The fourth-order valence-electron chi connectivity index (χ4n) is 2.47. The first-order chi connectivity index (χ1) is 6.59. The maximum atomic E-state index is 11.3. The van der Waals surface area contributed by atoms with Gasteiger partial charge in [0, 0.05) is 6.04 Å². The molecule has 0 spiro atoms. The third-order valence-electron chi connectivity index (χ3n) is 3.44. The van der Waals surface area contributed by atoms with Crippen molar-refractivity contribution in [3.8, 4) is 0 Å². The summed E-state index contributed by atoms with van der Waals surface area (Å²) < 4.78 is 4.62. The zero-order chi connectivity index (χ0) is 10.3. The van der Waals surface area contributed by atoms with E-state index in [1.54, 1.807) is 0 Å². The molecule has 2 N–H and O–H groups in total. The zero-order valence-electron chi connectivity index (χ0n) is 8.23. The monoisotopic (exact) mass is 197 g/mol. The van der Waals surface area contributed by atoms with Crippen LogP contribution in [0.5, 0.6) is 0 Å². The van der Waals surface area contributed by atoms with Crippen LogP contribution in [0.25, 0.3) is 0 Å². The first kappa shape index (κ1) is 9.65. The second-order valence-corrected chi connectivity index (χ2v) is 4.39. The Labute approximate surface area is 82.8 Å². The molecule has 1 saturated heterocycles. The SMILES string of the molecule is CC(N)C1CCC2C(=O)OC(=O)C2C1. The minimum absolute atomic E-state index is 0.0967. The molecule has 1 saturated carbocycles. The average molecular weight is 197 g/mol. The lowest BCUT2D eigenvalue weighted by molar-refractivity contribution is -0.153. The van der Waals surface area contributed by atoms with E-state index in [0.717, 1.165) is 12.8 Å². The highest BCUT2D eigenvalue weighted by atomic mass is 16.6. The van der Waals surface area contributed by atoms with Gasteiger partial charge in [-0.15, -0.1) is 0 Å². The van der Waals surface area contributed by atoms with Crippen LogP contribution in [0, 0.1) is 17.8 Å². The Kier molecular flexibility index (Phi) is 2.31. The van der Waals surface area contributed by atoms with Gasteiger partial charge in [0.1, 0.15) is 0 Å². The first-order valence-corrected chi connectivity index (χ1v) is 5.10. The van der Waals surface area contributed by atoms with Gasteiger partial charge in [0.25, 0.3) is 0 Å². The van der Waals surface area contributed by atoms with E-state index < -0.39 is 0 Å². The maximum Gasteiger partial charge on any atom is 0.317 e. The number of fused-ring (bicyclic) bond motifs is 1. The van der Waals surface area contributed by atoms with Gasteiger partial charge in [-0.1, -0.05) is 0 Å². The van der Waals surface area contributed by atoms with Gasteiger partial charge in [-0.3, -0.25) is 9.59 Å². The largest absolute Gasteiger partial charge is 0.393 e. The van der Waals surface area contributed by atoms with Gasteiger partial charge in [0.2, 0.25) is 0 Å². The summed E-state index contributed by atoms with van der Waals surface area (Å²) in [6.45, 7) is 1.95. The summed E-state index contributed by atoms with van der Waals surface area (Å²) in [5, 5.41) is 0. The van der Waals surface area contributed by atoms with Crippen molar-refractivity contribution in [2.24, 2.45) is 23.5 Å². The summed E-state index contributed by atoms with van der Waals surface area (Å²) in [5.74, 6) is -0.715. The van der Waals surface area contributed by atoms with Crippen molar-refractivity contribution >= 4 is 11.9 Å². The molecule has 0 amide bonds. The highest BCUT2D eigenvalue weighted by Crippen LogP contribution is 2.40. The van der Waals surface area contributed by atoms with Crippen molar-refractivity contribution in [1.29, 1.82) is 0 Å². The zero-order valence-corrected chi connectivity index (χ0v) is 8.23. The molecular formula is C10H15NO3. The highest BCUT2D eigenvalue weighted by molar-refractivity contribution is 5.96. The van der Waals surface area contributed by atoms with E-state index in [0.29, 0.717) is 12.3 Å². The molecule has 4 nitrogen and oxygen atoms in total. The van der Waals surface area contributed by atoms with E-state index in [2.05, 4.69) is 4.74 Å². The predicted molar refractivity (Wildman–Crippen MR) is 49.1 cm³/mol. The molecule has 1 aliphatic carbocycles. The number of cyclic esters (lactones) is 2. The van der Waals surface area contributed by atoms with E-state index in [1.807, 2.05) is 6.92 Å². The number of nitrogens with two attached hydrogens (primary N) is 1. The number of ether oxygens (including phenoxy) is 1. The third kappa shape index (κ3) is 1.43. The number of esters is 2. The van der Waals surface area contributed by atoms with Gasteiger partial charge >= 0.3 is 11.9 Å². The molecule has 4 unspecified atom stereocenters. The van der Waals surface area contributed by atoms with Crippen LogP contribution in [0.4, 0.5) is 0 Å². The average Bonchev–Trinajstić information content (AvgIpc) is 2.42. The van der Waals surface area contributed by atoms with E-state index in [1.165, 1.54) is 0 Å². The smallest absolute Gasteiger partial charge is 0.317 e. The Morgan fingerprint density at radius 3 is 2.57 bits per heavy atom. The van der Waals surface area contributed by atoms with Gasteiger partial charge < -0.3 is 10.5 Å². The van der Waals surface area contributed by atoms with E-state index in [4.69, 9.17) is 5.73 Å². The molecule has 0 radical (unpaired) electrons. The molecule has 2 fully saturated rings. The van der Waals surface area contributed by atoms with Gasteiger partial charge in [0.05, 0.1) is 11.8 Å². The van der Waals surface area contributed by atoms with Crippen LogP contribution < -0.4 is 5.73 Å². The van der Waals surface area contributed by atoms with Crippen LogP contribution in [-0.2, 0) is 14.3 Å². The Hall–Kier alpha value is -0.900. The molecule has 14 heavy (non-hydrogen) atoms. The fourth-order valence-corrected chi connectivity index (χ4v) is 2.47. The first-order valence-electron chi connectivity index (χ1n) is 5.10. The highest BCUT2D eigenvalue weighted by Gasteiger charge is 2.47. The Bertz CT molecular complexity index is 275. The molecule has 1 aliphatic heterocycles. The molecule has 78 valence electrons. The number of carbonyl (C=O) groups is 2. The summed E-state index contributed by atoms with van der Waals surface area (Å²) in [4.78, 5) is 22.5. The molecule has 4 atom stereocenters. The Balaban J connectivity index is 2.09. The van der Waals surface area contributed by atoms with Crippen molar-refractivity contribution in [2.75, 3.05) is 0 Å². The molecule has 0 aromatic carbocycles. The van der Waals surface area contributed by atoms with Crippen molar-refractivity contribution < 1.29 is 14.3 Å². The second-order valence-electron chi connectivity index (χ2n) is 4.39. The lowest BCUT2D eigenvalue weighted by atomic mass is 9.73. The van der Waals surface area contributed by atoms with E-state index in [-0.39, 0.29) is 29.8 Å².